The van der Waals surface area contributed by atoms with E-state index in [1.165, 1.54) is 24.1 Å². The number of hydrogen-bond acceptors (Lipinski definition) is 4. The summed E-state index contributed by atoms with van der Waals surface area (Å²) in [7, 11) is 1.93. The molecule has 2 aromatic rings. The van der Waals surface area contributed by atoms with Gasteiger partial charge in [0, 0.05) is 38.0 Å². The number of nitrogens with zero attached hydrogens (tertiary/aromatic N) is 3. The van der Waals surface area contributed by atoms with Gasteiger partial charge in [0.15, 0.2) is 0 Å². The van der Waals surface area contributed by atoms with Crippen molar-refractivity contribution >= 4 is 12.0 Å². The molecule has 0 amide bonds. The van der Waals surface area contributed by atoms with E-state index in [0.717, 1.165) is 37.2 Å². The molecule has 3 rings (SSSR count). The van der Waals surface area contributed by atoms with Crippen LogP contribution in [0.4, 0.5) is 5.69 Å². The van der Waals surface area contributed by atoms with Gasteiger partial charge in [-0.3, -0.25) is 0 Å². The molecule has 5 nitrogen and oxygen atoms in total. The summed E-state index contributed by atoms with van der Waals surface area (Å²) in [5, 5.41) is 11.6. The lowest BCUT2D eigenvalue weighted by atomic mass is 10.1. The fraction of sp³-hybridized carbons (Fsp3) is 0.571. The van der Waals surface area contributed by atoms with Gasteiger partial charge in [0.05, 0.1) is 0 Å². The van der Waals surface area contributed by atoms with Gasteiger partial charge in [-0.2, -0.15) is 0 Å². The molecular formula is C21H32N4O. The zero-order valence-electron chi connectivity index (χ0n) is 16.5. The summed E-state index contributed by atoms with van der Waals surface area (Å²) in [5.41, 5.74) is 2.50. The Balaban J connectivity index is 0.000000228. The summed E-state index contributed by atoms with van der Waals surface area (Å²) in [6, 6.07) is 8.82. The molecule has 142 valence electrons. The molecule has 0 saturated heterocycles. The highest BCUT2D eigenvalue weighted by Crippen LogP contribution is 2.37. The maximum atomic E-state index is 10.4. The molecule has 1 fully saturated rings. The minimum Gasteiger partial charge on any atom is -0.388 e. The number of nitrogens with one attached hydrogen (secondary N) is 1. The van der Waals surface area contributed by atoms with E-state index in [9.17, 15) is 4.79 Å². The van der Waals surface area contributed by atoms with Crippen LogP contribution in [0.2, 0.25) is 0 Å². The Labute approximate surface area is 157 Å². The van der Waals surface area contributed by atoms with Gasteiger partial charge in [0.25, 0.3) is 0 Å². The van der Waals surface area contributed by atoms with Crippen LogP contribution in [0.25, 0.3) is 0 Å². The van der Waals surface area contributed by atoms with Crippen LogP contribution in [0, 0.1) is 12.8 Å². The van der Waals surface area contributed by atoms with Gasteiger partial charge in [0.2, 0.25) is 0 Å². The van der Waals surface area contributed by atoms with Gasteiger partial charge < -0.3 is 14.7 Å². The van der Waals surface area contributed by atoms with Gasteiger partial charge in [-0.1, -0.05) is 32.0 Å². The van der Waals surface area contributed by atoms with Crippen LogP contribution in [0.1, 0.15) is 62.8 Å². The first kappa shape index (κ1) is 20.1. The maximum Gasteiger partial charge on any atom is 0.133 e. The normalized spacial score (nSPS) is 13.3. The standard InChI is InChI=1S/C13H21N3O.C8H11N/c1-10(2)5-8-13-15-14-12(4-3-9-17)16(13)11-6-7-11;1-7-5-3-4-6-8(7)9-2/h9-11H,3-8H2,1-2H3;3-6,9H,1-2H3. The topological polar surface area (TPSA) is 59.8 Å². The van der Waals surface area contributed by atoms with Crippen molar-refractivity contribution in [2.75, 3.05) is 12.4 Å². The maximum absolute atomic E-state index is 10.4. The van der Waals surface area contributed by atoms with E-state index in [2.05, 4.69) is 53.0 Å². The van der Waals surface area contributed by atoms with E-state index < -0.39 is 0 Å². The van der Waals surface area contributed by atoms with Crippen molar-refractivity contribution in [3.8, 4) is 0 Å². The van der Waals surface area contributed by atoms with Crippen molar-refractivity contribution in [3.63, 3.8) is 0 Å². The fourth-order valence-corrected chi connectivity index (χ4v) is 2.92. The molecule has 1 heterocycles. The Morgan fingerprint density at radius 2 is 1.85 bits per heavy atom. The molecule has 1 aromatic carbocycles. The Morgan fingerprint density at radius 3 is 2.35 bits per heavy atom. The zero-order chi connectivity index (χ0) is 18.9. The smallest absolute Gasteiger partial charge is 0.133 e. The van der Waals surface area contributed by atoms with Crippen LogP contribution < -0.4 is 5.32 Å². The largest absolute Gasteiger partial charge is 0.388 e. The van der Waals surface area contributed by atoms with Crippen LogP contribution in [-0.4, -0.2) is 28.1 Å². The number of carbonyl (C=O) groups is 1. The molecule has 1 aliphatic carbocycles. The lowest BCUT2D eigenvalue weighted by Gasteiger charge is -2.09. The molecule has 1 saturated carbocycles. The van der Waals surface area contributed by atoms with Crippen molar-refractivity contribution in [3.05, 3.63) is 41.5 Å². The van der Waals surface area contributed by atoms with E-state index in [1.54, 1.807) is 0 Å². The van der Waals surface area contributed by atoms with E-state index >= 15 is 0 Å². The number of aromatic nitrogens is 3. The third kappa shape index (κ3) is 5.97. The van der Waals surface area contributed by atoms with E-state index in [-0.39, 0.29) is 0 Å². The summed E-state index contributed by atoms with van der Waals surface area (Å²) >= 11 is 0. The molecule has 0 atom stereocenters. The molecule has 5 heteroatoms. The van der Waals surface area contributed by atoms with Crippen LogP contribution in [-0.2, 0) is 17.6 Å². The Morgan fingerprint density at radius 1 is 1.19 bits per heavy atom. The molecule has 26 heavy (non-hydrogen) atoms. The molecule has 0 spiro atoms. The summed E-state index contributed by atoms with van der Waals surface area (Å²) in [6.45, 7) is 6.54. The van der Waals surface area contributed by atoms with Gasteiger partial charge >= 0.3 is 0 Å². The highest BCUT2D eigenvalue weighted by molar-refractivity contribution is 5.49. The minimum absolute atomic E-state index is 0.551. The monoisotopic (exact) mass is 356 g/mol. The number of hydrogen-bond donors (Lipinski definition) is 1. The van der Waals surface area contributed by atoms with Crippen LogP contribution in [0.3, 0.4) is 0 Å². The van der Waals surface area contributed by atoms with E-state index in [0.29, 0.717) is 18.4 Å². The molecule has 0 bridgehead atoms. The fourth-order valence-electron chi connectivity index (χ4n) is 2.92. The Hall–Kier alpha value is -2.17. The van der Waals surface area contributed by atoms with Crippen molar-refractivity contribution in [2.24, 2.45) is 5.92 Å². The van der Waals surface area contributed by atoms with Gasteiger partial charge in [-0.05, 0) is 43.7 Å². The predicted octanol–water partition coefficient (Wildman–Crippen LogP) is 4.37. The number of aryl methyl sites for hydroxylation is 3. The first-order valence-electron chi connectivity index (χ1n) is 9.66. The van der Waals surface area contributed by atoms with Crippen molar-refractivity contribution in [2.45, 2.75) is 65.3 Å². The van der Waals surface area contributed by atoms with Gasteiger partial charge in [-0.25, -0.2) is 0 Å². The highest BCUT2D eigenvalue weighted by atomic mass is 16.1. The van der Waals surface area contributed by atoms with E-state index in [1.807, 2.05) is 19.2 Å². The molecule has 0 aliphatic heterocycles. The molecular weight excluding hydrogens is 324 g/mol. The number of benzene rings is 1. The minimum atomic E-state index is 0.551. The van der Waals surface area contributed by atoms with Crippen LogP contribution >= 0.6 is 0 Å². The molecule has 0 radical (unpaired) electrons. The first-order chi connectivity index (χ1) is 12.6. The molecule has 1 aromatic heterocycles. The van der Waals surface area contributed by atoms with Crippen LogP contribution in [0.5, 0.6) is 0 Å². The number of para-hydroxylation sites is 1. The summed E-state index contributed by atoms with van der Waals surface area (Å²) in [5.74, 6) is 2.80. The first-order valence-corrected chi connectivity index (χ1v) is 9.66. The molecule has 1 N–H and O–H groups in total. The van der Waals surface area contributed by atoms with Crippen LogP contribution in [0.15, 0.2) is 24.3 Å². The second kappa shape index (κ2) is 10.1. The third-order valence-corrected chi connectivity index (χ3v) is 4.59. The SMILES string of the molecule is CC(C)CCc1nnc(CCC=O)n1C1CC1.CNc1ccccc1C. The van der Waals surface area contributed by atoms with Gasteiger partial charge in [-0.15, -0.1) is 10.2 Å². The van der Waals surface area contributed by atoms with Crippen molar-refractivity contribution in [1.82, 2.24) is 14.8 Å². The van der Waals surface area contributed by atoms with E-state index in [4.69, 9.17) is 0 Å². The number of anilines is 1. The number of aldehydes is 1. The lowest BCUT2D eigenvalue weighted by Crippen LogP contribution is -2.07. The average molecular weight is 357 g/mol. The quantitative estimate of drug-likeness (QED) is 0.714. The summed E-state index contributed by atoms with van der Waals surface area (Å²) in [6.07, 6.45) is 6.87. The Kier molecular flexibility index (Phi) is 7.82. The second-order valence-corrected chi connectivity index (χ2v) is 7.34. The second-order valence-electron chi connectivity index (χ2n) is 7.34. The van der Waals surface area contributed by atoms with Crippen molar-refractivity contribution < 1.29 is 4.79 Å². The predicted molar refractivity (Wildman–Crippen MR) is 107 cm³/mol. The summed E-state index contributed by atoms with van der Waals surface area (Å²) < 4.78 is 2.28. The van der Waals surface area contributed by atoms with Crippen molar-refractivity contribution in [1.29, 1.82) is 0 Å². The third-order valence-electron chi connectivity index (χ3n) is 4.59. The Bertz CT molecular complexity index is 689. The summed E-state index contributed by atoms with van der Waals surface area (Å²) in [4.78, 5) is 10.4. The zero-order valence-corrected chi connectivity index (χ0v) is 16.5. The molecule has 1 aliphatic rings. The lowest BCUT2D eigenvalue weighted by molar-refractivity contribution is -0.107. The van der Waals surface area contributed by atoms with Gasteiger partial charge in [0.1, 0.15) is 17.9 Å². The highest BCUT2D eigenvalue weighted by Gasteiger charge is 2.28. The number of carbonyl (C=O) groups excluding carboxylic acids is 1. The molecule has 0 unspecified atom stereocenters. The number of rotatable bonds is 8. The average Bonchev–Trinajstić information content (AvgIpc) is 3.39.